The first-order chi connectivity index (χ1) is 7.09. The number of piperidine rings is 1. The average molecular weight is 213 g/mol. The standard InChI is InChI=1S/C10H19N3O2/c1-7(6-9(11)14)13-10(15)8-4-2-3-5-12-8/h7-8,12H,2-6H2,1H3,(H2,11,14)(H,13,15)/t7?,8-/m0/s1. The minimum Gasteiger partial charge on any atom is -0.370 e. The van der Waals surface area contributed by atoms with E-state index >= 15 is 0 Å². The molecule has 0 aromatic carbocycles. The molecule has 1 aliphatic heterocycles. The van der Waals surface area contributed by atoms with Crippen LogP contribution in [0, 0.1) is 0 Å². The summed E-state index contributed by atoms with van der Waals surface area (Å²) in [5.74, 6) is -0.414. The maximum atomic E-state index is 11.7. The highest BCUT2D eigenvalue weighted by molar-refractivity contribution is 5.83. The second kappa shape index (κ2) is 5.70. The van der Waals surface area contributed by atoms with Gasteiger partial charge in [-0.15, -0.1) is 0 Å². The second-order valence-corrected chi connectivity index (χ2v) is 4.08. The van der Waals surface area contributed by atoms with Crippen LogP contribution in [0.3, 0.4) is 0 Å². The van der Waals surface area contributed by atoms with Crippen LogP contribution in [-0.2, 0) is 9.59 Å². The van der Waals surface area contributed by atoms with Gasteiger partial charge < -0.3 is 16.4 Å². The van der Waals surface area contributed by atoms with Crippen LogP contribution in [0.4, 0.5) is 0 Å². The molecular weight excluding hydrogens is 194 g/mol. The lowest BCUT2D eigenvalue weighted by Gasteiger charge is -2.24. The number of nitrogens with one attached hydrogen (secondary N) is 2. The number of carbonyl (C=O) groups is 2. The fourth-order valence-corrected chi connectivity index (χ4v) is 1.77. The highest BCUT2D eigenvalue weighted by Crippen LogP contribution is 2.07. The summed E-state index contributed by atoms with van der Waals surface area (Å²) in [6.07, 6.45) is 3.27. The van der Waals surface area contributed by atoms with Gasteiger partial charge in [0, 0.05) is 12.5 Å². The molecule has 5 heteroatoms. The molecule has 1 rings (SSSR count). The minimum absolute atomic E-state index is 0.0246. The molecule has 1 heterocycles. The van der Waals surface area contributed by atoms with Crippen molar-refractivity contribution in [2.24, 2.45) is 5.73 Å². The summed E-state index contributed by atoms with van der Waals surface area (Å²) in [5.41, 5.74) is 5.04. The summed E-state index contributed by atoms with van der Waals surface area (Å²) in [5, 5.41) is 5.93. The van der Waals surface area contributed by atoms with Gasteiger partial charge in [-0.2, -0.15) is 0 Å². The Morgan fingerprint density at radius 3 is 2.80 bits per heavy atom. The Labute approximate surface area is 89.8 Å². The van der Waals surface area contributed by atoms with Crippen LogP contribution in [0.2, 0.25) is 0 Å². The Morgan fingerprint density at radius 2 is 2.27 bits per heavy atom. The molecular formula is C10H19N3O2. The molecule has 2 amide bonds. The van der Waals surface area contributed by atoms with Crippen LogP contribution in [0.5, 0.6) is 0 Å². The summed E-state index contributed by atoms with van der Waals surface area (Å²) < 4.78 is 0. The van der Waals surface area contributed by atoms with Gasteiger partial charge in [0.2, 0.25) is 11.8 Å². The van der Waals surface area contributed by atoms with Crippen LogP contribution in [0.25, 0.3) is 0 Å². The van der Waals surface area contributed by atoms with E-state index in [0.29, 0.717) is 0 Å². The third kappa shape index (κ3) is 4.29. The van der Waals surface area contributed by atoms with Gasteiger partial charge in [0.1, 0.15) is 0 Å². The molecule has 0 aromatic heterocycles. The van der Waals surface area contributed by atoms with E-state index in [-0.39, 0.29) is 30.3 Å². The highest BCUT2D eigenvalue weighted by atomic mass is 16.2. The first-order valence-electron chi connectivity index (χ1n) is 5.41. The molecule has 1 aliphatic rings. The van der Waals surface area contributed by atoms with E-state index in [9.17, 15) is 9.59 Å². The third-order valence-corrected chi connectivity index (χ3v) is 2.52. The summed E-state index contributed by atoms with van der Waals surface area (Å²) in [4.78, 5) is 22.3. The van der Waals surface area contributed by atoms with E-state index in [2.05, 4.69) is 10.6 Å². The zero-order valence-electron chi connectivity index (χ0n) is 9.08. The highest BCUT2D eigenvalue weighted by Gasteiger charge is 2.21. The van der Waals surface area contributed by atoms with Crippen molar-refractivity contribution in [1.29, 1.82) is 0 Å². The Balaban J connectivity index is 2.30. The van der Waals surface area contributed by atoms with Gasteiger partial charge in [-0.25, -0.2) is 0 Å². The van der Waals surface area contributed by atoms with Gasteiger partial charge in [-0.05, 0) is 26.3 Å². The molecule has 0 bridgehead atoms. The second-order valence-electron chi connectivity index (χ2n) is 4.08. The molecule has 0 aliphatic carbocycles. The molecule has 1 saturated heterocycles. The van der Waals surface area contributed by atoms with Crippen LogP contribution in [0.15, 0.2) is 0 Å². The number of carbonyl (C=O) groups excluding carboxylic acids is 2. The van der Waals surface area contributed by atoms with E-state index in [1.165, 1.54) is 0 Å². The van der Waals surface area contributed by atoms with Gasteiger partial charge >= 0.3 is 0 Å². The van der Waals surface area contributed by atoms with Crippen LogP contribution >= 0.6 is 0 Å². The number of hydrogen-bond donors (Lipinski definition) is 3. The van der Waals surface area contributed by atoms with Crippen molar-refractivity contribution in [3.05, 3.63) is 0 Å². The summed E-state index contributed by atoms with van der Waals surface area (Å²) in [7, 11) is 0. The van der Waals surface area contributed by atoms with Crippen LogP contribution in [0.1, 0.15) is 32.6 Å². The van der Waals surface area contributed by atoms with Gasteiger partial charge in [-0.3, -0.25) is 9.59 Å². The number of hydrogen-bond acceptors (Lipinski definition) is 3. The Kier molecular flexibility index (Phi) is 4.55. The Bertz CT molecular complexity index is 237. The first-order valence-corrected chi connectivity index (χ1v) is 5.41. The SMILES string of the molecule is CC(CC(N)=O)NC(=O)[C@@H]1CCCCN1. The maximum absolute atomic E-state index is 11.7. The molecule has 0 spiro atoms. The quantitative estimate of drug-likeness (QED) is 0.589. The summed E-state index contributed by atoms with van der Waals surface area (Å²) in [6, 6.07) is -0.284. The fraction of sp³-hybridized carbons (Fsp3) is 0.800. The van der Waals surface area contributed by atoms with Crippen molar-refractivity contribution >= 4 is 11.8 Å². The van der Waals surface area contributed by atoms with Crippen molar-refractivity contribution in [2.45, 2.75) is 44.7 Å². The normalized spacial score (nSPS) is 23.1. The molecule has 0 radical (unpaired) electrons. The van der Waals surface area contributed by atoms with Crippen molar-refractivity contribution in [3.63, 3.8) is 0 Å². The number of amides is 2. The molecule has 1 fully saturated rings. The lowest BCUT2D eigenvalue weighted by Crippen LogP contribution is -2.49. The topological polar surface area (TPSA) is 84.2 Å². The Morgan fingerprint density at radius 1 is 1.53 bits per heavy atom. The predicted octanol–water partition coefficient (Wildman–Crippen LogP) is -0.491. The monoisotopic (exact) mass is 213 g/mol. The van der Waals surface area contributed by atoms with Gasteiger partial charge in [0.15, 0.2) is 0 Å². The third-order valence-electron chi connectivity index (χ3n) is 2.52. The van der Waals surface area contributed by atoms with Crippen molar-refractivity contribution in [1.82, 2.24) is 10.6 Å². The number of primary amides is 1. The summed E-state index contributed by atoms with van der Waals surface area (Å²) >= 11 is 0. The molecule has 86 valence electrons. The largest absolute Gasteiger partial charge is 0.370 e. The first kappa shape index (κ1) is 12.0. The number of rotatable bonds is 4. The molecule has 5 nitrogen and oxygen atoms in total. The lowest BCUT2D eigenvalue weighted by molar-refractivity contribution is -0.124. The zero-order valence-corrected chi connectivity index (χ0v) is 9.08. The van der Waals surface area contributed by atoms with Gasteiger partial charge in [-0.1, -0.05) is 6.42 Å². The van der Waals surface area contributed by atoms with E-state index in [1.807, 2.05) is 0 Å². The molecule has 2 atom stereocenters. The van der Waals surface area contributed by atoms with Crippen LogP contribution in [-0.4, -0.2) is 30.4 Å². The van der Waals surface area contributed by atoms with E-state index in [0.717, 1.165) is 25.8 Å². The van der Waals surface area contributed by atoms with Crippen LogP contribution < -0.4 is 16.4 Å². The molecule has 0 saturated carbocycles. The molecule has 1 unspecified atom stereocenters. The average Bonchev–Trinajstić information content (AvgIpc) is 2.17. The van der Waals surface area contributed by atoms with E-state index < -0.39 is 0 Å². The predicted molar refractivity (Wildman–Crippen MR) is 57.1 cm³/mol. The smallest absolute Gasteiger partial charge is 0.237 e. The van der Waals surface area contributed by atoms with Gasteiger partial charge in [0.05, 0.1) is 6.04 Å². The zero-order chi connectivity index (χ0) is 11.3. The maximum Gasteiger partial charge on any atom is 0.237 e. The lowest BCUT2D eigenvalue weighted by atomic mass is 10.0. The molecule has 15 heavy (non-hydrogen) atoms. The van der Waals surface area contributed by atoms with E-state index in [4.69, 9.17) is 5.73 Å². The van der Waals surface area contributed by atoms with Crippen molar-refractivity contribution < 1.29 is 9.59 Å². The fourth-order valence-electron chi connectivity index (χ4n) is 1.77. The Hall–Kier alpha value is -1.10. The van der Waals surface area contributed by atoms with Crippen molar-refractivity contribution in [2.75, 3.05) is 6.54 Å². The molecule has 0 aromatic rings. The van der Waals surface area contributed by atoms with Crippen molar-refractivity contribution in [3.8, 4) is 0 Å². The van der Waals surface area contributed by atoms with Gasteiger partial charge in [0.25, 0.3) is 0 Å². The minimum atomic E-state index is -0.389. The summed E-state index contributed by atoms with van der Waals surface area (Å²) in [6.45, 7) is 2.67. The van der Waals surface area contributed by atoms with E-state index in [1.54, 1.807) is 6.92 Å². The molecule has 4 N–H and O–H groups in total. The number of nitrogens with two attached hydrogens (primary N) is 1.